The molecule has 1 atom stereocenters. The number of likely N-dealkylation sites (N-methyl/N-ethyl adjacent to an activating group) is 1. The van der Waals surface area contributed by atoms with Crippen molar-refractivity contribution >= 4 is 29.0 Å². The maximum absolute atomic E-state index is 11.7. The molecular formula is C11H15ClN4O3. The van der Waals surface area contributed by atoms with Crippen molar-refractivity contribution in [3.05, 3.63) is 27.4 Å². The number of hydrogen-bond acceptors (Lipinski definition) is 5. The van der Waals surface area contributed by atoms with E-state index in [1.165, 1.54) is 13.1 Å². The van der Waals surface area contributed by atoms with E-state index in [-0.39, 0.29) is 28.4 Å². The molecule has 0 bridgehead atoms. The molecule has 0 fully saturated rings. The minimum atomic E-state index is -0.582. The van der Waals surface area contributed by atoms with E-state index in [9.17, 15) is 14.9 Å². The van der Waals surface area contributed by atoms with Gasteiger partial charge in [0.1, 0.15) is 18.1 Å². The molecule has 0 radical (unpaired) electrons. The van der Waals surface area contributed by atoms with E-state index < -0.39 is 11.0 Å². The smallest absolute Gasteiger partial charge is 0.289 e. The number of aromatic nitrogens is 1. The normalized spacial score (nSPS) is 12.1. The van der Waals surface area contributed by atoms with E-state index >= 15 is 0 Å². The molecule has 0 spiro atoms. The average molecular weight is 287 g/mol. The van der Waals surface area contributed by atoms with Crippen LogP contribution in [-0.4, -0.2) is 28.9 Å². The van der Waals surface area contributed by atoms with E-state index in [4.69, 9.17) is 11.6 Å². The molecule has 1 unspecified atom stereocenters. The Labute approximate surface area is 115 Å². The Hall–Kier alpha value is -1.89. The van der Waals surface area contributed by atoms with E-state index in [0.29, 0.717) is 0 Å². The van der Waals surface area contributed by atoms with Gasteiger partial charge in [0.05, 0.1) is 9.95 Å². The first kappa shape index (κ1) is 15.2. The molecule has 0 saturated carbocycles. The molecule has 1 heterocycles. The average Bonchev–Trinajstić information content (AvgIpc) is 2.35. The maximum atomic E-state index is 11.7. The monoisotopic (exact) mass is 286 g/mol. The molecule has 1 aromatic heterocycles. The van der Waals surface area contributed by atoms with Crippen LogP contribution in [0.5, 0.6) is 0 Å². The van der Waals surface area contributed by atoms with Gasteiger partial charge in [-0.15, -0.1) is 0 Å². The van der Waals surface area contributed by atoms with Crippen molar-refractivity contribution in [1.29, 1.82) is 0 Å². The van der Waals surface area contributed by atoms with Crippen LogP contribution in [0.15, 0.2) is 12.3 Å². The van der Waals surface area contributed by atoms with Crippen molar-refractivity contribution in [2.45, 2.75) is 19.9 Å². The highest BCUT2D eigenvalue weighted by atomic mass is 35.5. The second-order valence-electron chi connectivity index (χ2n) is 4.26. The van der Waals surface area contributed by atoms with Gasteiger partial charge in [0.25, 0.3) is 5.69 Å². The van der Waals surface area contributed by atoms with Crippen LogP contribution in [0.2, 0.25) is 5.02 Å². The van der Waals surface area contributed by atoms with Crippen LogP contribution in [0.1, 0.15) is 13.8 Å². The molecule has 0 aliphatic heterocycles. The van der Waals surface area contributed by atoms with Gasteiger partial charge in [0.15, 0.2) is 0 Å². The highest BCUT2D eigenvalue weighted by Gasteiger charge is 2.23. The third-order valence-corrected chi connectivity index (χ3v) is 2.81. The summed E-state index contributed by atoms with van der Waals surface area (Å²) in [5, 5.41) is 16.1. The van der Waals surface area contributed by atoms with Gasteiger partial charge in [-0.05, 0) is 5.92 Å². The minimum Gasteiger partial charge on any atom is -0.357 e. The second kappa shape index (κ2) is 6.33. The predicted molar refractivity (Wildman–Crippen MR) is 72.2 cm³/mol. The van der Waals surface area contributed by atoms with Gasteiger partial charge in [0.2, 0.25) is 5.91 Å². The van der Waals surface area contributed by atoms with Crippen molar-refractivity contribution in [2.75, 3.05) is 12.4 Å². The summed E-state index contributed by atoms with van der Waals surface area (Å²) in [6, 6.07) is 0.675. The van der Waals surface area contributed by atoms with Gasteiger partial charge < -0.3 is 10.6 Å². The summed E-state index contributed by atoms with van der Waals surface area (Å²) < 4.78 is 0. The number of nitrogens with zero attached hydrogens (tertiary/aromatic N) is 2. The summed E-state index contributed by atoms with van der Waals surface area (Å²) in [7, 11) is 1.53. The number of anilines is 1. The number of pyridine rings is 1. The number of rotatable bonds is 5. The SMILES string of the molecule is CNC(=O)C(Nc1ncc([N+](=O)[O-])cc1Cl)C(C)C. The number of nitrogens with one attached hydrogen (secondary N) is 2. The number of carbonyl (C=O) groups excluding carboxylic acids is 1. The zero-order valence-electron chi connectivity index (χ0n) is 10.8. The van der Waals surface area contributed by atoms with Crippen LogP contribution in [-0.2, 0) is 4.79 Å². The van der Waals surface area contributed by atoms with Crippen LogP contribution >= 0.6 is 11.6 Å². The lowest BCUT2D eigenvalue weighted by atomic mass is 10.0. The summed E-state index contributed by atoms with van der Waals surface area (Å²) in [5.41, 5.74) is -0.198. The molecule has 8 heteroatoms. The van der Waals surface area contributed by atoms with Crippen LogP contribution < -0.4 is 10.6 Å². The summed E-state index contributed by atoms with van der Waals surface area (Å²) >= 11 is 5.91. The molecule has 1 aromatic rings. The van der Waals surface area contributed by atoms with E-state index in [1.54, 1.807) is 0 Å². The topological polar surface area (TPSA) is 97.2 Å². The fourth-order valence-corrected chi connectivity index (χ4v) is 1.69. The Morgan fingerprint density at radius 3 is 2.58 bits per heavy atom. The zero-order valence-corrected chi connectivity index (χ0v) is 11.6. The molecule has 104 valence electrons. The fraction of sp³-hybridized carbons (Fsp3) is 0.455. The Morgan fingerprint density at radius 1 is 1.53 bits per heavy atom. The number of halogens is 1. The molecule has 7 nitrogen and oxygen atoms in total. The Balaban J connectivity index is 2.97. The number of amides is 1. The minimum absolute atomic E-state index is 0.00742. The zero-order chi connectivity index (χ0) is 14.6. The highest BCUT2D eigenvalue weighted by molar-refractivity contribution is 6.33. The van der Waals surface area contributed by atoms with Crippen molar-refractivity contribution in [3.63, 3.8) is 0 Å². The van der Waals surface area contributed by atoms with E-state index in [2.05, 4.69) is 15.6 Å². The second-order valence-corrected chi connectivity index (χ2v) is 4.67. The van der Waals surface area contributed by atoms with Crippen LogP contribution in [0, 0.1) is 16.0 Å². The molecule has 19 heavy (non-hydrogen) atoms. The van der Waals surface area contributed by atoms with Crippen LogP contribution in [0.4, 0.5) is 11.5 Å². The van der Waals surface area contributed by atoms with Gasteiger partial charge in [-0.1, -0.05) is 25.4 Å². The third-order valence-electron chi connectivity index (χ3n) is 2.53. The molecule has 1 amide bonds. The van der Waals surface area contributed by atoms with E-state index in [0.717, 1.165) is 6.20 Å². The number of hydrogen-bond donors (Lipinski definition) is 2. The molecule has 0 aliphatic carbocycles. The Kier molecular flexibility index (Phi) is 5.05. The van der Waals surface area contributed by atoms with Crippen LogP contribution in [0.3, 0.4) is 0 Å². The lowest BCUT2D eigenvalue weighted by Gasteiger charge is -2.21. The number of nitro groups is 1. The summed E-state index contributed by atoms with van der Waals surface area (Å²) in [5.74, 6) is 0.0498. The Bertz CT molecular complexity index is 493. The quantitative estimate of drug-likeness (QED) is 0.636. The van der Waals surface area contributed by atoms with Gasteiger partial charge >= 0.3 is 0 Å². The standard InChI is InChI=1S/C11H15ClN4O3/c1-6(2)9(11(17)13-3)15-10-8(12)4-7(5-14-10)16(18)19/h4-6,9H,1-3H3,(H,13,17)(H,14,15). The van der Waals surface area contributed by atoms with Crippen molar-refractivity contribution in [3.8, 4) is 0 Å². The van der Waals surface area contributed by atoms with Crippen molar-refractivity contribution < 1.29 is 9.72 Å². The summed E-state index contributed by atoms with van der Waals surface area (Å²) in [6.07, 6.45) is 1.09. The summed E-state index contributed by atoms with van der Waals surface area (Å²) in [4.78, 5) is 25.6. The van der Waals surface area contributed by atoms with Gasteiger partial charge in [0, 0.05) is 13.1 Å². The molecular weight excluding hydrogens is 272 g/mol. The molecule has 0 aromatic carbocycles. The lowest BCUT2D eigenvalue weighted by molar-refractivity contribution is -0.385. The Morgan fingerprint density at radius 2 is 2.16 bits per heavy atom. The number of carbonyl (C=O) groups is 1. The predicted octanol–water partition coefficient (Wildman–Crippen LogP) is 1.83. The third kappa shape index (κ3) is 3.78. The van der Waals surface area contributed by atoms with Crippen LogP contribution in [0.25, 0.3) is 0 Å². The van der Waals surface area contributed by atoms with Gasteiger partial charge in [-0.3, -0.25) is 14.9 Å². The van der Waals surface area contributed by atoms with Crippen molar-refractivity contribution in [1.82, 2.24) is 10.3 Å². The first-order chi connectivity index (χ1) is 8.86. The molecule has 0 aliphatic rings. The highest BCUT2D eigenvalue weighted by Crippen LogP contribution is 2.25. The van der Waals surface area contributed by atoms with Crippen molar-refractivity contribution in [2.24, 2.45) is 5.92 Å². The first-order valence-corrected chi connectivity index (χ1v) is 6.02. The summed E-state index contributed by atoms with van der Waals surface area (Å²) in [6.45, 7) is 3.73. The lowest BCUT2D eigenvalue weighted by Crippen LogP contribution is -2.41. The molecule has 0 saturated heterocycles. The molecule has 2 N–H and O–H groups in total. The van der Waals surface area contributed by atoms with Gasteiger partial charge in [-0.2, -0.15) is 0 Å². The largest absolute Gasteiger partial charge is 0.357 e. The van der Waals surface area contributed by atoms with E-state index in [1.807, 2.05) is 13.8 Å². The molecule has 1 rings (SSSR count). The fourth-order valence-electron chi connectivity index (χ4n) is 1.47. The van der Waals surface area contributed by atoms with Gasteiger partial charge in [-0.25, -0.2) is 4.98 Å². The maximum Gasteiger partial charge on any atom is 0.289 e. The first-order valence-electron chi connectivity index (χ1n) is 5.65.